The zero-order valence-electron chi connectivity index (χ0n) is 15.0. The molecule has 3 rings (SSSR count). The Balaban J connectivity index is 1.82. The molecule has 0 aliphatic carbocycles. The first kappa shape index (κ1) is 18.7. The summed E-state index contributed by atoms with van der Waals surface area (Å²) in [6, 6.07) is 13.2. The molecule has 27 heavy (non-hydrogen) atoms. The van der Waals surface area contributed by atoms with Crippen molar-refractivity contribution in [2.24, 2.45) is 0 Å². The van der Waals surface area contributed by atoms with Gasteiger partial charge in [-0.05, 0) is 24.3 Å². The Kier molecular flexibility index (Phi) is 5.92. The molecule has 0 unspecified atom stereocenters. The van der Waals surface area contributed by atoms with Crippen molar-refractivity contribution in [1.82, 2.24) is 25.0 Å². The number of hydrogen-bond donors (Lipinski definition) is 1. The third-order valence-electron chi connectivity index (χ3n) is 3.80. The van der Waals surface area contributed by atoms with Crippen molar-refractivity contribution in [3.63, 3.8) is 0 Å². The lowest BCUT2D eigenvalue weighted by Gasteiger charge is -2.15. The van der Waals surface area contributed by atoms with Gasteiger partial charge in [-0.15, -0.1) is 10.2 Å². The number of aromatic nitrogens is 3. The van der Waals surface area contributed by atoms with Crippen molar-refractivity contribution in [3.8, 4) is 17.3 Å². The Morgan fingerprint density at radius 2 is 1.96 bits per heavy atom. The summed E-state index contributed by atoms with van der Waals surface area (Å²) in [6.07, 6.45) is 1.57. The van der Waals surface area contributed by atoms with Crippen LogP contribution in [0.25, 0.3) is 17.3 Å². The van der Waals surface area contributed by atoms with Gasteiger partial charge in [0.2, 0.25) is 17.6 Å². The molecular weight excluding hydrogens is 366 g/mol. The predicted molar refractivity (Wildman–Crippen MR) is 101 cm³/mol. The molecule has 0 bridgehead atoms. The minimum absolute atomic E-state index is 0.0128. The Morgan fingerprint density at radius 1 is 1.19 bits per heavy atom. The van der Waals surface area contributed by atoms with Crippen LogP contribution in [-0.2, 0) is 9.59 Å². The van der Waals surface area contributed by atoms with Crippen LogP contribution in [0.2, 0.25) is 0 Å². The first-order chi connectivity index (χ1) is 13.1. The molecule has 2 aromatic heterocycles. The van der Waals surface area contributed by atoms with E-state index in [2.05, 4.69) is 15.5 Å². The van der Waals surface area contributed by atoms with Gasteiger partial charge in [0.1, 0.15) is 0 Å². The molecule has 0 spiro atoms. The molecule has 1 aromatic carbocycles. The molecule has 0 fully saturated rings. The van der Waals surface area contributed by atoms with Crippen molar-refractivity contribution in [2.75, 3.05) is 26.4 Å². The van der Waals surface area contributed by atoms with Crippen LogP contribution < -0.4 is 5.32 Å². The van der Waals surface area contributed by atoms with Crippen LogP contribution in [0.4, 0.5) is 0 Å². The number of rotatable bonds is 7. The van der Waals surface area contributed by atoms with Crippen molar-refractivity contribution in [3.05, 3.63) is 48.7 Å². The quantitative estimate of drug-likeness (QED) is 0.624. The molecule has 2 amide bonds. The summed E-state index contributed by atoms with van der Waals surface area (Å²) in [6.45, 7) is 0.0128. The number of furan rings is 1. The van der Waals surface area contributed by atoms with Gasteiger partial charge in [0.25, 0.3) is 0 Å². The van der Waals surface area contributed by atoms with E-state index in [1.165, 1.54) is 23.7 Å². The van der Waals surface area contributed by atoms with Crippen LogP contribution in [0, 0.1) is 0 Å². The minimum Gasteiger partial charge on any atom is -0.461 e. The molecule has 1 N–H and O–H groups in total. The summed E-state index contributed by atoms with van der Waals surface area (Å²) in [5.41, 5.74) is 0.863. The summed E-state index contributed by atoms with van der Waals surface area (Å²) in [4.78, 5) is 25.1. The third-order valence-corrected chi connectivity index (χ3v) is 4.71. The molecule has 0 radical (unpaired) electrons. The maximum absolute atomic E-state index is 12.3. The number of amides is 2. The normalized spacial score (nSPS) is 10.6. The van der Waals surface area contributed by atoms with Gasteiger partial charge in [-0.25, -0.2) is 0 Å². The zero-order valence-corrected chi connectivity index (χ0v) is 15.8. The van der Waals surface area contributed by atoms with Crippen LogP contribution in [0.3, 0.4) is 0 Å². The number of para-hydroxylation sites is 1. The topological polar surface area (TPSA) is 93.3 Å². The standard InChI is InChI=1S/C18H19N5O3S/c1-19-15(24)11-22(2)16(25)12-27-18-21-20-17(14-9-6-10-26-14)23(18)13-7-4-3-5-8-13/h3-10H,11-12H2,1-2H3,(H,19,24). The minimum atomic E-state index is -0.219. The second kappa shape index (κ2) is 8.54. The van der Waals surface area contributed by atoms with E-state index < -0.39 is 0 Å². The van der Waals surface area contributed by atoms with Crippen molar-refractivity contribution in [2.45, 2.75) is 5.16 Å². The Bertz CT molecular complexity index is 908. The van der Waals surface area contributed by atoms with Crippen LogP contribution in [0.5, 0.6) is 0 Å². The van der Waals surface area contributed by atoms with Gasteiger partial charge in [0.15, 0.2) is 10.9 Å². The monoisotopic (exact) mass is 385 g/mol. The van der Waals surface area contributed by atoms with E-state index in [4.69, 9.17) is 4.42 Å². The molecule has 0 aliphatic heterocycles. The summed E-state index contributed by atoms with van der Waals surface area (Å²) < 4.78 is 7.31. The number of nitrogens with zero attached hydrogens (tertiary/aromatic N) is 4. The number of nitrogens with one attached hydrogen (secondary N) is 1. The Hall–Kier alpha value is -3.07. The lowest BCUT2D eigenvalue weighted by atomic mass is 10.3. The highest BCUT2D eigenvalue weighted by Gasteiger charge is 2.20. The molecule has 3 aromatic rings. The number of hydrogen-bond acceptors (Lipinski definition) is 6. The molecule has 140 valence electrons. The summed E-state index contributed by atoms with van der Waals surface area (Å²) >= 11 is 1.26. The highest BCUT2D eigenvalue weighted by Crippen LogP contribution is 2.28. The molecule has 0 saturated carbocycles. The largest absolute Gasteiger partial charge is 0.461 e. The van der Waals surface area contributed by atoms with Gasteiger partial charge >= 0.3 is 0 Å². The maximum atomic E-state index is 12.3. The van der Waals surface area contributed by atoms with Crippen LogP contribution in [0.1, 0.15) is 0 Å². The SMILES string of the molecule is CNC(=O)CN(C)C(=O)CSc1nnc(-c2ccco2)n1-c1ccccc1. The lowest BCUT2D eigenvalue weighted by Crippen LogP contribution is -2.37. The summed E-state index contributed by atoms with van der Waals surface area (Å²) in [5, 5.41) is 11.5. The van der Waals surface area contributed by atoms with E-state index >= 15 is 0 Å². The van der Waals surface area contributed by atoms with Gasteiger partial charge in [0.05, 0.1) is 18.6 Å². The Labute approximate surface area is 160 Å². The van der Waals surface area contributed by atoms with Crippen molar-refractivity contribution in [1.29, 1.82) is 0 Å². The van der Waals surface area contributed by atoms with Gasteiger partial charge in [-0.3, -0.25) is 14.2 Å². The molecule has 8 nitrogen and oxygen atoms in total. The van der Waals surface area contributed by atoms with E-state index in [-0.39, 0.29) is 24.1 Å². The first-order valence-corrected chi connectivity index (χ1v) is 9.20. The lowest BCUT2D eigenvalue weighted by molar-refractivity contribution is -0.132. The third kappa shape index (κ3) is 4.37. The smallest absolute Gasteiger partial charge is 0.239 e. The highest BCUT2D eigenvalue weighted by molar-refractivity contribution is 7.99. The number of carbonyl (C=O) groups excluding carboxylic acids is 2. The van der Waals surface area contributed by atoms with Crippen LogP contribution in [0.15, 0.2) is 58.3 Å². The van der Waals surface area contributed by atoms with Gasteiger partial charge in [-0.1, -0.05) is 30.0 Å². The van der Waals surface area contributed by atoms with E-state index in [0.29, 0.717) is 16.7 Å². The maximum Gasteiger partial charge on any atom is 0.239 e. The molecule has 0 saturated heterocycles. The van der Waals surface area contributed by atoms with Crippen LogP contribution in [-0.4, -0.2) is 57.9 Å². The molecular formula is C18H19N5O3S. The fraction of sp³-hybridized carbons (Fsp3) is 0.222. The predicted octanol–water partition coefficient (Wildman–Crippen LogP) is 1.82. The average molecular weight is 385 g/mol. The van der Waals surface area contributed by atoms with Crippen molar-refractivity contribution >= 4 is 23.6 Å². The summed E-state index contributed by atoms with van der Waals surface area (Å²) in [7, 11) is 3.13. The molecule has 0 aliphatic rings. The number of carbonyl (C=O) groups is 2. The molecule has 9 heteroatoms. The van der Waals surface area contributed by atoms with E-state index in [1.807, 2.05) is 34.9 Å². The molecule has 0 atom stereocenters. The Morgan fingerprint density at radius 3 is 2.63 bits per heavy atom. The van der Waals surface area contributed by atoms with Gasteiger partial charge in [-0.2, -0.15) is 0 Å². The van der Waals surface area contributed by atoms with E-state index in [9.17, 15) is 9.59 Å². The average Bonchev–Trinajstić information content (AvgIpc) is 3.35. The number of benzene rings is 1. The van der Waals surface area contributed by atoms with E-state index in [1.54, 1.807) is 25.4 Å². The van der Waals surface area contributed by atoms with Gasteiger partial charge < -0.3 is 14.6 Å². The highest BCUT2D eigenvalue weighted by atomic mass is 32.2. The van der Waals surface area contributed by atoms with Crippen LogP contribution >= 0.6 is 11.8 Å². The zero-order chi connectivity index (χ0) is 19.2. The van der Waals surface area contributed by atoms with Gasteiger partial charge in [0, 0.05) is 19.8 Å². The fourth-order valence-electron chi connectivity index (χ4n) is 2.36. The second-order valence-electron chi connectivity index (χ2n) is 5.67. The second-order valence-corrected chi connectivity index (χ2v) is 6.61. The van der Waals surface area contributed by atoms with Crippen molar-refractivity contribution < 1.29 is 14.0 Å². The number of likely N-dealkylation sites (N-methyl/N-ethyl adjacent to an activating group) is 2. The van der Waals surface area contributed by atoms with E-state index in [0.717, 1.165) is 5.69 Å². The number of thioether (sulfide) groups is 1. The summed E-state index contributed by atoms with van der Waals surface area (Å²) in [5.74, 6) is 0.881. The molecule has 2 heterocycles. The fourth-order valence-corrected chi connectivity index (χ4v) is 3.25. The first-order valence-electron chi connectivity index (χ1n) is 8.22.